The number of amides is 1. The first-order valence-electron chi connectivity index (χ1n) is 6.05. The van der Waals surface area contributed by atoms with Crippen molar-refractivity contribution in [1.29, 1.82) is 0 Å². The van der Waals surface area contributed by atoms with E-state index in [0.717, 1.165) is 0 Å². The van der Waals surface area contributed by atoms with Crippen LogP contribution in [0.25, 0.3) is 0 Å². The van der Waals surface area contributed by atoms with E-state index in [4.69, 9.17) is 5.11 Å². The van der Waals surface area contributed by atoms with Crippen molar-refractivity contribution < 1.29 is 14.7 Å². The van der Waals surface area contributed by atoms with E-state index in [-0.39, 0.29) is 11.3 Å². The number of nitrogens with zero attached hydrogens (tertiary/aromatic N) is 1. The molecule has 17 heavy (non-hydrogen) atoms. The largest absolute Gasteiger partial charge is 0.481 e. The molecule has 1 unspecified atom stereocenters. The number of carboxylic acid groups (broad SMARTS) is 1. The van der Waals surface area contributed by atoms with E-state index in [2.05, 4.69) is 20.8 Å². The highest BCUT2D eigenvalue weighted by molar-refractivity contribution is 5.80. The summed E-state index contributed by atoms with van der Waals surface area (Å²) in [6.45, 7) is 10.7. The van der Waals surface area contributed by atoms with Crippen LogP contribution in [0.3, 0.4) is 0 Å². The zero-order chi connectivity index (χ0) is 13.4. The smallest absolute Gasteiger partial charge is 0.310 e. The average molecular weight is 241 g/mol. The first-order valence-corrected chi connectivity index (χ1v) is 6.05. The van der Waals surface area contributed by atoms with Gasteiger partial charge in [0.1, 0.15) is 0 Å². The van der Waals surface area contributed by atoms with Gasteiger partial charge >= 0.3 is 5.97 Å². The van der Waals surface area contributed by atoms with Crippen molar-refractivity contribution in [2.45, 2.75) is 41.0 Å². The van der Waals surface area contributed by atoms with Crippen LogP contribution in [0.2, 0.25) is 0 Å². The molecule has 0 aromatic rings. The molecule has 0 aliphatic carbocycles. The molecule has 1 N–H and O–H groups in total. The quantitative estimate of drug-likeness (QED) is 0.822. The highest BCUT2D eigenvalue weighted by Crippen LogP contribution is 2.35. The van der Waals surface area contributed by atoms with Gasteiger partial charge in [-0.05, 0) is 25.2 Å². The van der Waals surface area contributed by atoms with Crippen molar-refractivity contribution >= 4 is 11.9 Å². The fraction of sp³-hybridized carbons (Fsp3) is 0.846. The number of likely N-dealkylation sites (tertiary alicyclic amines) is 1. The van der Waals surface area contributed by atoms with Gasteiger partial charge in [-0.1, -0.05) is 20.8 Å². The van der Waals surface area contributed by atoms with Gasteiger partial charge in [-0.2, -0.15) is 0 Å². The van der Waals surface area contributed by atoms with Crippen LogP contribution in [-0.4, -0.2) is 35.0 Å². The Morgan fingerprint density at radius 1 is 1.35 bits per heavy atom. The molecule has 1 fully saturated rings. The maximum absolute atomic E-state index is 11.9. The molecule has 1 rings (SSSR count). The standard InChI is InChI=1S/C13H23NO3/c1-12(2,3)9-6-10(15)14(7-9)8-13(4,5)11(16)17/h9H,6-8H2,1-5H3,(H,16,17). The van der Waals surface area contributed by atoms with E-state index in [1.807, 2.05) is 0 Å². The Balaban J connectivity index is 2.70. The Morgan fingerprint density at radius 2 is 1.88 bits per heavy atom. The molecular formula is C13H23NO3. The van der Waals surface area contributed by atoms with E-state index in [1.54, 1.807) is 18.7 Å². The second kappa shape index (κ2) is 4.31. The lowest BCUT2D eigenvalue weighted by Gasteiger charge is -2.29. The van der Waals surface area contributed by atoms with Gasteiger partial charge in [0.05, 0.1) is 5.41 Å². The highest BCUT2D eigenvalue weighted by Gasteiger charge is 2.40. The lowest BCUT2D eigenvalue weighted by molar-refractivity contribution is -0.148. The topological polar surface area (TPSA) is 57.6 Å². The molecule has 1 saturated heterocycles. The van der Waals surface area contributed by atoms with E-state index in [1.165, 1.54) is 0 Å². The lowest BCUT2D eigenvalue weighted by Crippen LogP contribution is -2.40. The minimum absolute atomic E-state index is 0.0826. The van der Waals surface area contributed by atoms with Crippen LogP contribution < -0.4 is 0 Å². The summed E-state index contributed by atoms with van der Waals surface area (Å²) in [5.41, 5.74) is -0.778. The lowest BCUT2D eigenvalue weighted by atomic mass is 9.80. The highest BCUT2D eigenvalue weighted by atomic mass is 16.4. The van der Waals surface area contributed by atoms with Gasteiger partial charge in [0.25, 0.3) is 0 Å². The molecule has 1 aliphatic heterocycles. The van der Waals surface area contributed by atoms with Crippen LogP contribution in [-0.2, 0) is 9.59 Å². The van der Waals surface area contributed by atoms with Gasteiger partial charge < -0.3 is 10.0 Å². The molecule has 0 bridgehead atoms. The van der Waals surface area contributed by atoms with Crippen molar-refractivity contribution in [3.8, 4) is 0 Å². The van der Waals surface area contributed by atoms with Gasteiger partial charge in [0, 0.05) is 19.5 Å². The van der Waals surface area contributed by atoms with E-state index in [0.29, 0.717) is 25.4 Å². The van der Waals surface area contributed by atoms with Gasteiger partial charge in [-0.3, -0.25) is 9.59 Å². The second-order valence-corrected chi connectivity index (χ2v) is 6.73. The molecule has 0 aromatic carbocycles. The number of hydrogen-bond acceptors (Lipinski definition) is 2. The Hall–Kier alpha value is -1.06. The van der Waals surface area contributed by atoms with Crippen molar-refractivity contribution in [3.05, 3.63) is 0 Å². The third kappa shape index (κ3) is 3.20. The molecular weight excluding hydrogens is 218 g/mol. The Kier molecular flexibility index (Phi) is 3.55. The van der Waals surface area contributed by atoms with Gasteiger partial charge in [-0.25, -0.2) is 0 Å². The second-order valence-electron chi connectivity index (χ2n) is 6.73. The zero-order valence-electron chi connectivity index (χ0n) is 11.4. The predicted molar refractivity (Wildman–Crippen MR) is 65.6 cm³/mol. The fourth-order valence-electron chi connectivity index (χ4n) is 2.05. The monoisotopic (exact) mass is 241 g/mol. The molecule has 1 amide bonds. The van der Waals surface area contributed by atoms with E-state index in [9.17, 15) is 9.59 Å². The fourth-order valence-corrected chi connectivity index (χ4v) is 2.05. The van der Waals surface area contributed by atoms with E-state index < -0.39 is 11.4 Å². The number of aliphatic carboxylic acids is 1. The van der Waals surface area contributed by atoms with Crippen LogP contribution >= 0.6 is 0 Å². The number of hydrogen-bond donors (Lipinski definition) is 1. The maximum atomic E-state index is 11.9. The van der Waals surface area contributed by atoms with Crippen LogP contribution in [0.1, 0.15) is 41.0 Å². The SMILES string of the molecule is CC(C)(CN1CC(C(C)(C)C)CC1=O)C(=O)O. The molecule has 1 heterocycles. The van der Waals surface area contributed by atoms with Crippen LogP contribution in [0, 0.1) is 16.7 Å². The summed E-state index contributed by atoms with van der Waals surface area (Å²) in [7, 11) is 0. The Morgan fingerprint density at radius 3 is 2.24 bits per heavy atom. The Labute approximate surface area is 103 Å². The van der Waals surface area contributed by atoms with Gasteiger partial charge in [0.15, 0.2) is 0 Å². The summed E-state index contributed by atoms with van der Waals surface area (Å²) in [6, 6.07) is 0. The van der Waals surface area contributed by atoms with Crippen LogP contribution in [0.5, 0.6) is 0 Å². The summed E-state index contributed by atoms with van der Waals surface area (Å²) in [6.07, 6.45) is 0.541. The minimum Gasteiger partial charge on any atom is -0.481 e. The van der Waals surface area contributed by atoms with Crippen molar-refractivity contribution in [1.82, 2.24) is 4.90 Å². The average Bonchev–Trinajstić information content (AvgIpc) is 2.46. The molecule has 1 atom stereocenters. The molecule has 0 aromatic heterocycles. The molecule has 0 saturated carbocycles. The maximum Gasteiger partial charge on any atom is 0.310 e. The molecule has 0 radical (unpaired) electrons. The number of rotatable bonds is 3. The summed E-state index contributed by atoms with van der Waals surface area (Å²) < 4.78 is 0. The van der Waals surface area contributed by atoms with Gasteiger partial charge in [0.2, 0.25) is 5.91 Å². The Bertz CT molecular complexity index is 328. The first-order chi connectivity index (χ1) is 7.54. The van der Waals surface area contributed by atoms with Crippen LogP contribution in [0.4, 0.5) is 0 Å². The van der Waals surface area contributed by atoms with Crippen molar-refractivity contribution in [2.24, 2.45) is 16.7 Å². The summed E-state index contributed by atoms with van der Waals surface area (Å²) in [4.78, 5) is 24.6. The normalized spacial score (nSPS) is 22.1. The molecule has 1 aliphatic rings. The van der Waals surface area contributed by atoms with Gasteiger partial charge in [-0.15, -0.1) is 0 Å². The number of carbonyl (C=O) groups excluding carboxylic acids is 1. The number of carboxylic acids is 1. The van der Waals surface area contributed by atoms with Crippen molar-refractivity contribution in [3.63, 3.8) is 0 Å². The number of carbonyl (C=O) groups is 2. The summed E-state index contributed by atoms with van der Waals surface area (Å²) in [5.74, 6) is -0.455. The molecule has 98 valence electrons. The minimum atomic E-state index is -0.873. The predicted octanol–water partition coefficient (Wildman–Crippen LogP) is 1.99. The zero-order valence-corrected chi connectivity index (χ0v) is 11.4. The molecule has 0 spiro atoms. The molecule has 4 nitrogen and oxygen atoms in total. The third-order valence-electron chi connectivity index (χ3n) is 3.60. The summed E-state index contributed by atoms with van der Waals surface area (Å²) in [5, 5.41) is 9.08. The third-order valence-corrected chi connectivity index (χ3v) is 3.60. The van der Waals surface area contributed by atoms with Crippen molar-refractivity contribution in [2.75, 3.05) is 13.1 Å². The first kappa shape index (κ1) is 14.0. The van der Waals surface area contributed by atoms with E-state index >= 15 is 0 Å². The summed E-state index contributed by atoms with van der Waals surface area (Å²) >= 11 is 0. The molecule has 4 heteroatoms. The van der Waals surface area contributed by atoms with Crippen LogP contribution in [0.15, 0.2) is 0 Å².